The summed E-state index contributed by atoms with van der Waals surface area (Å²) in [5, 5.41) is 0. The molecule has 0 heterocycles. The molecule has 0 amide bonds. The van der Waals surface area contributed by atoms with Gasteiger partial charge in [0.05, 0.1) is 4.90 Å². The zero-order valence-corrected chi connectivity index (χ0v) is 12.5. The van der Waals surface area contributed by atoms with E-state index in [1.807, 2.05) is 42.3 Å². The number of para-hydroxylation sites is 1. The Bertz CT molecular complexity index is 673. The zero-order chi connectivity index (χ0) is 15.3. The highest BCUT2D eigenvalue weighted by Gasteiger charge is 2.13. The minimum Gasteiger partial charge on any atom is -0.373 e. The number of halogens is 1. The smallest absolute Gasteiger partial charge is 0.240 e. The van der Waals surface area contributed by atoms with Crippen LogP contribution in [0.4, 0.5) is 10.1 Å². The second kappa shape index (κ2) is 6.69. The molecule has 0 aliphatic rings. The number of sulfonamides is 1. The maximum atomic E-state index is 12.8. The minimum absolute atomic E-state index is 0.0614. The van der Waals surface area contributed by atoms with E-state index in [-0.39, 0.29) is 11.4 Å². The molecule has 1 N–H and O–H groups in total. The third kappa shape index (κ3) is 4.27. The van der Waals surface area contributed by atoms with Gasteiger partial charge < -0.3 is 4.90 Å². The molecular weight excluding hydrogens is 291 g/mol. The number of anilines is 1. The number of nitrogens with one attached hydrogen (secondary N) is 1. The molecule has 0 unspecified atom stereocenters. The van der Waals surface area contributed by atoms with Gasteiger partial charge in [-0.1, -0.05) is 18.2 Å². The maximum absolute atomic E-state index is 12.8. The van der Waals surface area contributed by atoms with Crippen LogP contribution < -0.4 is 9.62 Å². The van der Waals surface area contributed by atoms with Crippen molar-refractivity contribution in [3.63, 3.8) is 0 Å². The van der Waals surface area contributed by atoms with Crippen molar-refractivity contribution >= 4 is 15.7 Å². The predicted molar refractivity (Wildman–Crippen MR) is 81.3 cm³/mol. The summed E-state index contributed by atoms with van der Waals surface area (Å²) in [7, 11) is -1.71. The van der Waals surface area contributed by atoms with Crippen LogP contribution in [0.2, 0.25) is 0 Å². The molecule has 2 aromatic rings. The summed E-state index contributed by atoms with van der Waals surface area (Å²) < 4.78 is 39.3. The molecule has 6 heteroatoms. The van der Waals surface area contributed by atoms with Crippen LogP contribution in [0.3, 0.4) is 0 Å². The summed E-state index contributed by atoms with van der Waals surface area (Å²) >= 11 is 0. The van der Waals surface area contributed by atoms with Crippen LogP contribution in [0.15, 0.2) is 59.5 Å². The first-order valence-electron chi connectivity index (χ1n) is 6.50. The van der Waals surface area contributed by atoms with E-state index in [4.69, 9.17) is 0 Å². The summed E-state index contributed by atoms with van der Waals surface area (Å²) in [4.78, 5) is 2.01. The number of hydrogen-bond donors (Lipinski definition) is 1. The predicted octanol–water partition coefficient (Wildman–Crippen LogP) is 2.24. The highest BCUT2D eigenvalue weighted by molar-refractivity contribution is 7.89. The molecule has 0 saturated carbocycles. The zero-order valence-electron chi connectivity index (χ0n) is 11.7. The van der Waals surface area contributed by atoms with Crippen LogP contribution >= 0.6 is 0 Å². The molecule has 0 bridgehead atoms. The van der Waals surface area contributed by atoms with Crippen molar-refractivity contribution < 1.29 is 12.8 Å². The standard InChI is InChI=1S/C15H17FN2O2S/c1-18(14-5-3-2-4-6-14)12-11-17-21(19,20)15-9-7-13(16)8-10-15/h2-10,17H,11-12H2,1H3. The molecule has 0 radical (unpaired) electrons. The Kier molecular flexibility index (Phi) is 4.93. The number of hydrogen-bond acceptors (Lipinski definition) is 3. The van der Waals surface area contributed by atoms with Crippen LogP contribution in [-0.4, -0.2) is 28.6 Å². The van der Waals surface area contributed by atoms with Gasteiger partial charge in [-0.25, -0.2) is 17.5 Å². The first-order chi connectivity index (χ1) is 9.99. The van der Waals surface area contributed by atoms with Crippen molar-refractivity contribution in [1.82, 2.24) is 4.72 Å². The van der Waals surface area contributed by atoms with Gasteiger partial charge in [0.2, 0.25) is 10.0 Å². The van der Waals surface area contributed by atoms with E-state index in [1.54, 1.807) is 0 Å². The highest BCUT2D eigenvalue weighted by Crippen LogP contribution is 2.11. The second-order valence-electron chi connectivity index (χ2n) is 4.61. The summed E-state index contributed by atoms with van der Waals surface area (Å²) in [5.41, 5.74) is 1.01. The molecule has 0 spiro atoms. The van der Waals surface area contributed by atoms with Crippen molar-refractivity contribution in [2.45, 2.75) is 4.90 Å². The van der Waals surface area contributed by atoms with Crippen molar-refractivity contribution in [2.75, 3.05) is 25.0 Å². The van der Waals surface area contributed by atoms with Crippen molar-refractivity contribution in [3.05, 3.63) is 60.4 Å². The third-order valence-corrected chi connectivity index (χ3v) is 4.54. The Balaban J connectivity index is 1.92. The molecule has 0 atom stereocenters. The average Bonchev–Trinajstić information content (AvgIpc) is 2.48. The van der Waals surface area contributed by atoms with Crippen molar-refractivity contribution in [1.29, 1.82) is 0 Å². The highest BCUT2D eigenvalue weighted by atomic mass is 32.2. The van der Waals surface area contributed by atoms with Crippen LogP contribution in [0.5, 0.6) is 0 Å². The Morgan fingerprint density at radius 2 is 1.67 bits per heavy atom. The Labute approximate surface area is 124 Å². The lowest BCUT2D eigenvalue weighted by molar-refractivity contribution is 0.580. The molecule has 4 nitrogen and oxygen atoms in total. The molecule has 2 aromatic carbocycles. The molecule has 21 heavy (non-hydrogen) atoms. The van der Waals surface area contributed by atoms with E-state index in [0.29, 0.717) is 6.54 Å². The summed E-state index contributed by atoms with van der Waals surface area (Å²) in [6.45, 7) is 0.801. The largest absolute Gasteiger partial charge is 0.373 e. The fourth-order valence-electron chi connectivity index (χ4n) is 1.86. The number of nitrogens with zero attached hydrogens (tertiary/aromatic N) is 1. The average molecular weight is 308 g/mol. The number of benzene rings is 2. The fraction of sp³-hybridized carbons (Fsp3) is 0.200. The monoisotopic (exact) mass is 308 g/mol. The van der Waals surface area contributed by atoms with Gasteiger partial charge in [0.15, 0.2) is 0 Å². The van der Waals surface area contributed by atoms with E-state index >= 15 is 0 Å². The number of rotatable bonds is 6. The first-order valence-corrected chi connectivity index (χ1v) is 7.99. The lowest BCUT2D eigenvalue weighted by atomic mass is 10.3. The quantitative estimate of drug-likeness (QED) is 0.890. The van der Waals surface area contributed by atoms with Gasteiger partial charge in [-0.3, -0.25) is 0 Å². The van der Waals surface area contributed by atoms with Crippen LogP contribution in [-0.2, 0) is 10.0 Å². The topological polar surface area (TPSA) is 49.4 Å². The molecule has 112 valence electrons. The Morgan fingerprint density at radius 1 is 1.05 bits per heavy atom. The van der Waals surface area contributed by atoms with Gasteiger partial charge >= 0.3 is 0 Å². The molecule has 0 saturated heterocycles. The molecule has 0 aliphatic carbocycles. The van der Waals surface area contributed by atoms with E-state index in [9.17, 15) is 12.8 Å². The maximum Gasteiger partial charge on any atom is 0.240 e. The summed E-state index contributed by atoms with van der Waals surface area (Å²) in [6, 6.07) is 14.4. The van der Waals surface area contributed by atoms with Gasteiger partial charge in [0, 0.05) is 25.8 Å². The third-order valence-electron chi connectivity index (χ3n) is 3.06. The van der Waals surface area contributed by atoms with Gasteiger partial charge in [0.25, 0.3) is 0 Å². The molecule has 0 aliphatic heterocycles. The second-order valence-corrected chi connectivity index (χ2v) is 6.38. The van der Waals surface area contributed by atoms with Crippen LogP contribution in [0, 0.1) is 5.82 Å². The van der Waals surface area contributed by atoms with E-state index in [0.717, 1.165) is 17.8 Å². The Morgan fingerprint density at radius 3 is 2.29 bits per heavy atom. The molecule has 0 aromatic heterocycles. The summed E-state index contributed by atoms with van der Waals surface area (Å²) in [5.74, 6) is -0.460. The number of likely N-dealkylation sites (N-methyl/N-ethyl adjacent to an activating group) is 1. The van der Waals surface area contributed by atoms with Crippen LogP contribution in [0.1, 0.15) is 0 Å². The molecule has 0 fully saturated rings. The lowest BCUT2D eigenvalue weighted by Gasteiger charge is -2.19. The normalized spacial score (nSPS) is 11.3. The van der Waals surface area contributed by atoms with Crippen LogP contribution in [0.25, 0.3) is 0 Å². The van der Waals surface area contributed by atoms with E-state index < -0.39 is 15.8 Å². The summed E-state index contributed by atoms with van der Waals surface area (Å²) in [6.07, 6.45) is 0. The van der Waals surface area contributed by atoms with Gasteiger partial charge in [-0.15, -0.1) is 0 Å². The molecule has 2 rings (SSSR count). The minimum atomic E-state index is -3.60. The van der Waals surface area contributed by atoms with E-state index in [2.05, 4.69) is 4.72 Å². The van der Waals surface area contributed by atoms with Crippen molar-refractivity contribution in [3.8, 4) is 0 Å². The van der Waals surface area contributed by atoms with Gasteiger partial charge in [0.1, 0.15) is 5.82 Å². The SMILES string of the molecule is CN(CCNS(=O)(=O)c1ccc(F)cc1)c1ccccc1. The van der Waals surface area contributed by atoms with Gasteiger partial charge in [-0.05, 0) is 36.4 Å². The first kappa shape index (κ1) is 15.5. The van der Waals surface area contributed by atoms with E-state index in [1.165, 1.54) is 12.1 Å². The molecular formula is C15H17FN2O2S. The van der Waals surface area contributed by atoms with Crippen molar-refractivity contribution in [2.24, 2.45) is 0 Å². The Hall–Kier alpha value is -1.92. The lowest BCUT2D eigenvalue weighted by Crippen LogP contribution is -2.33. The van der Waals surface area contributed by atoms with Gasteiger partial charge in [-0.2, -0.15) is 0 Å². The fourth-order valence-corrected chi connectivity index (χ4v) is 2.88.